The third kappa shape index (κ3) is 3.24. The van der Waals surface area contributed by atoms with Gasteiger partial charge in [0.15, 0.2) is 0 Å². The molecule has 0 saturated heterocycles. The van der Waals surface area contributed by atoms with Crippen LogP contribution in [0.3, 0.4) is 0 Å². The Balaban J connectivity index is 1.34. The summed E-state index contributed by atoms with van der Waals surface area (Å²) in [6, 6.07) is 40.9. The minimum absolute atomic E-state index is 0.968. The fourth-order valence-electron chi connectivity index (χ4n) is 7.56. The Bertz CT molecular complexity index is 2090. The summed E-state index contributed by atoms with van der Waals surface area (Å²) >= 11 is 0. The molecule has 6 aromatic rings. The maximum Gasteiger partial charge on any atom is 0.0541 e. The van der Waals surface area contributed by atoms with E-state index in [4.69, 9.17) is 0 Å². The number of fused-ring (bicyclic) bond motifs is 7. The number of nitrogens with zero attached hydrogens (tertiary/aromatic N) is 1. The molecule has 0 saturated carbocycles. The van der Waals surface area contributed by atoms with Crippen molar-refractivity contribution in [3.8, 4) is 33.4 Å². The number of allylic oxidation sites excluding steroid dienone is 1. The summed E-state index contributed by atoms with van der Waals surface area (Å²) in [5, 5.41) is 2.69. The van der Waals surface area contributed by atoms with Gasteiger partial charge in [-0.15, -0.1) is 0 Å². The Hall–Kier alpha value is -4.88. The van der Waals surface area contributed by atoms with Crippen LogP contribution >= 0.6 is 0 Å². The number of hydrogen-bond acceptors (Lipinski definition) is 1. The second-order valence-corrected chi connectivity index (χ2v) is 11.7. The molecule has 41 heavy (non-hydrogen) atoms. The molecule has 0 heterocycles. The second-order valence-electron chi connectivity index (χ2n) is 11.7. The Morgan fingerprint density at radius 3 is 2.27 bits per heavy atom. The van der Waals surface area contributed by atoms with Gasteiger partial charge in [-0.1, -0.05) is 97.1 Å². The number of hydrogen-bond donors (Lipinski definition) is 0. The van der Waals surface area contributed by atoms with Gasteiger partial charge >= 0.3 is 0 Å². The van der Waals surface area contributed by atoms with Crippen molar-refractivity contribution in [1.82, 2.24) is 0 Å². The van der Waals surface area contributed by atoms with Gasteiger partial charge in [-0.2, -0.15) is 0 Å². The fourth-order valence-corrected chi connectivity index (χ4v) is 7.56. The van der Waals surface area contributed by atoms with Crippen LogP contribution in [-0.2, 0) is 12.8 Å². The normalized spacial score (nSPS) is 13.6. The van der Waals surface area contributed by atoms with Crippen LogP contribution in [0.25, 0.3) is 50.2 Å². The zero-order valence-corrected chi connectivity index (χ0v) is 23.1. The molecular formula is C40H29N. The standard InChI is InChI=1S/C40H29N/c1-25-10-2-7-19-38(25)41(29-20-21-32-33-17-8-13-26-14-9-18-34(39(26)33)36(32)24-29)40-31-16-6-4-12-28(31)22-35-30-15-5-3-11-27(30)23-37(35)40/h2-5,7-15,17-22,24H,6,16,23H2,1H3. The highest BCUT2D eigenvalue weighted by Gasteiger charge is 2.31. The van der Waals surface area contributed by atoms with Crippen LogP contribution in [-0.4, -0.2) is 0 Å². The van der Waals surface area contributed by atoms with Crippen LogP contribution in [0, 0.1) is 6.92 Å². The lowest BCUT2D eigenvalue weighted by atomic mass is 9.88. The number of benzene rings is 6. The number of aryl methyl sites for hydroxylation is 1. The molecule has 0 radical (unpaired) electrons. The average Bonchev–Trinajstić information content (AvgIpc) is 3.55. The Labute approximate surface area is 241 Å². The first-order valence-electron chi connectivity index (χ1n) is 14.7. The van der Waals surface area contributed by atoms with Crippen LogP contribution in [0.4, 0.5) is 17.1 Å². The van der Waals surface area contributed by atoms with Gasteiger partial charge in [-0.25, -0.2) is 0 Å². The third-order valence-electron chi connectivity index (χ3n) is 9.40. The summed E-state index contributed by atoms with van der Waals surface area (Å²) in [7, 11) is 0. The molecule has 1 heteroatoms. The predicted molar refractivity (Wildman–Crippen MR) is 173 cm³/mol. The van der Waals surface area contributed by atoms with E-state index in [1.807, 2.05) is 0 Å². The maximum absolute atomic E-state index is 2.58. The van der Waals surface area contributed by atoms with Crippen molar-refractivity contribution in [2.75, 3.05) is 4.90 Å². The molecule has 194 valence electrons. The molecular weight excluding hydrogens is 494 g/mol. The number of rotatable bonds is 3. The van der Waals surface area contributed by atoms with Crippen LogP contribution in [0.2, 0.25) is 0 Å². The average molecular weight is 524 g/mol. The van der Waals surface area contributed by atoms with Gasteiger partial charge < -0.3 is 4.90 Å². The van der Waals surface area contributed by atoms with Crippen LogP contribution in [0.1, 0.15) is 34.2 Å². The molecule has 3 aliphatic rings. The minimum Gasteiger partial charge on any atom is -0.310 e. The van der Waals surface area contributed by atoms with Gasteiger partial charge in [0.2, 0.25) is 0 Å². The second kappa shape index (κ2) is 8.56. The van der Waals surface area contributed by atoms with Crippen molar-refractivity contribution in [2.24, 2.45) is 0 Å². The van der Waals surface area contributed by atoms with Crippen LogP contribution < -0.4 is 4.90 Å². The van der Waals surface area contributed by atoms with E-state index in [1.165, 1.54) is 89.0 Å². The molecule has 0 aromatic heterocycles. The molecule has 3 aliphatic carbocycles. The summed E-state index contributed by atoms with van der Waals surface area (Å²) in [5.74, 6) is 0. The topological polar surface area (TPSA) is 3.24 Å². The third-order valence-corrected chi connectivity index (χ3v) is 9.40. The first-order chi connectivity index (χ1) is 20.3. The summed E-state index contributed by atoms with van der Waals surface area (Å²) in [5.41, 5.74) is 19.0. The lowest BCUT2D eigenvalue weighted by molar-refractivity contribution is 0.973. The quantitative estimate of drug-likeness (QED) is 0.223. The van der Waals surface area contributed by atoms with Crippen molar-refractivity contribution in [1.29, 1.82) is 0 Å². The fraction of sp³-hybridized carbons (Fsp3) is 0.100. The monoisotopic (exact) mass is 523 g/mol. The lowest BCUT2D eigenvalue weighted by Crippen LogP contribution is -2.17. The summed E-state index contributed by atoms with van der Waals surface area (Å²) < 4.78 is 0. The molecule has 0 spiro atoms. The van der Waals surface area contributed by atoms with Crippen molar-refractivity contribution < 1.29 is 0 Å². The van der Waals surface area contributed by atoms with Gasteiger partial charge in [0, 0.05) is 17.8 Å². The molecule has 0 unspecified atom stereocenters. The molecule has 0 atom stereocenters. The van der Waals surface area contributed by atoms with E-state index in [-0.39, 0.29) is 0 Å². The molecule has 0 fully saturated rings. The van der Waals surface area contributed by atoms with E-state index in [0.29, 0.717) is 0 Å². The van der Waals surface area contributed by atoms with E-state index >= 15 is 0 Å². The van der Waals surface area contributed by atoms with Gasteiger partial charge in [0.1, 0.15) is 0 Å². The van der Waals surface area contributed by atoms with Gasteiger partial charge in [-0.05, 0) is 116 Å². The van der Waals surface area contributed by atoms with E-state index < -0.39 is 0 Å². The Kier molecular flexibility index (Phi) is 4.78. The van der Waals surface area contributed by atoms with E-state index in [0.717, 1.165) is 19.3 Å². The summed E-state index contributed by atoms with van der Waals surface area (Å²) in [4.78, 5) is 2.58. The van der Waals surface area contributed by atoms with Crippen molar-refractivity contribution in [3.63, 3.8) is 0 Å². The first-order valence-corrected chi connectivity index (χ1v) is 14.7. The zero-order valence-electron chi connectivity index (χ0n) is 23.1. The lowest BCUT2D eigenvalue weighted by Gasteiger charge is -2.33. The van der Waals surface area contributed by atoms with Crippen molar-refractivity contribution in [3.05, 3.63) is 143 Å². The first kappa shape index (κ1) is 22.9. The molecule has 1 nitrogen and oxygen atoms in total. The van der Waals surface area contributed by atoms with Crippen molar-refractivity contribution >= 4 is 33.9 Å². The van der Waals surface area contributed by atoms with Gasteiger partial charge in [0.05, 0.1) is 5.69 Å². The molecule has 0 N–H and O–H groups in total. The van der Waals surface area contributed by atoms with Crippen molar-refractivity contribution in [2.45, 2.75) is 26.2 Å². The highest BCUT2D eigenvalue weighted by atomic mass is 15.2. The number of anilines is 3. The van der Waals surface area contributed by atoms with Gasteiger partial charge in [0.25, 0.3) is 0 Å². The van der Waals surface area contributed by atoms with E-state index in [1.54, 1.807) is 0 Å². The Morgan fingerprint density at radius 1 is 0.610 bits per heavy atom. The minimum atomic E-state index is 0.968. The highest BCUT2D eigenvalue weighted by Crippen LogP contribution is 2.53. The largest absolute Gasteiger partial charge is 0.310 e. The summed E-state index contributed by atoms with van der Waals surface area (Å²) in [6.45, 7) is 2.25. The SMILES string of the molecule is Cc1ccccc1N(c1ccc2c(c1)-c1cccc3cccc-2c13)c1c2c(cc3c1Cc1ccccc1-3)C=CCC2. The molecule has 9 rings (SSSR count). The molecule has 6 aromatic carbocycles. The van der Waals surface area contributed by atoms with E-state index in [2.05, 4.69) is 133 Å². The van der Waals surface area contributed by atoms with E-state index in [9.17, 15) is 0 Å². The van der Waals surface area contributed by atoms with Crippen LogP contribution in [0.15, 0.2) is 115 Å². The molecule has 0 bridgehead atoms. The van der Waals surface area contributed by atoms with Crippen LogP contribution in [0.5, 0.6) is 0 Å². The molecule has 0 aliphatic heterocycles. The maximum atomic E-state index is 2.58. The molecule has 0 amide bonds. The highest BCUT2D eigenvalue weighted by molar-refractivity contribution is 6.15. The predicted octanol–water partition coefficient (Wildman–Crippen LogP) is 10.8. The number of para-hydroxylation sites is 1. The summed E-state index contributed by atoms with van der Waals surface area (Å²) in [6.07, 6.45) is 7.79. The van der Waals surface area contributed by atoms with Gasteiger partial charge in [-0.3, -0.25) is 0 Å². The zero-order chi connectivity index (χ0) is 27.1. The smallest absolute Gasteiger partial charge is 0.0541 e. The Morgan fingerprint density at radius 2 is 1.39 bits per heavy atom.